The summed E-state index contributed by atoms with van der Waals surface area (Å²) < 4.78 is 11.1. The number of likely N-dealkylation sites (N-methyl/N-ethyl adjacent to an activating group) is 1. The van der Waals surface area contributed by atoms with Crippen LogP contribution in [0.2, 0.25) is 0 Å². The zero-order chi connectivity index (χ0) is 15.5. The second kappa shape index (κ2) is 10.5. The molecule has 0 radical (unpaired) electrons. The minimum Gasteiger partial charge on any atom is -0.399 e. The normalized spacial score (nSPS) is 10.8. The lowest BCUT2D eigenvalue weighted by Gasteiger charge is -2.23. The first-order valence-corrected chi connectivity index (χ1v) is 7.95. The average Bonchev–Trinajstić information content (AvgIpc) is 2.49. The van der Waals surface area contributed by atoms with Gasteiger partial charge in [0.15, 0.2) is 0 Å². The summed E-state index contributed by atoms with van der Waals surface area (Å²) in [4.78, 5) is 2.30. The molecule has 1 aromatic rings. The van der Waals surface area contributed by atoms with Gasteiger partial charge in [-0.15, -0.1) is 0 Å². The molecule has 0 aliphatic rings. The molecule has 21 heavy (non-hydrogen) atoms. The van der Waals surface area contributed by atoms with Gasteiger partial charge in [-0.05, 0) is 44.0 Å². The SMILES string of the molecule is CCCCOCCOCCN(CC)c1ccc(N)c(C)c1. The first-order chi connectivity index (χ1) is 10.2. The van der Waals surface area contributed by atoms with E-state index in [1.807, 2.05) is 13.0 Å². The summed E-state index contributed by atoms with van der Waals surface area (Å²) in [6.45, 7) is 11.1. The lowest BCUT2D eigenvalue weighted by molar-refractivity contribution is 0.0493. The highest BCUT2D eigenvalue weighted by molar-refractivity contribution is 5.57. The Balaban J connectivity index is 2.23. The van der Waals surface area contributed by atoms with Crippen molar-refractivity contribution in [3.05, 3.63) is 23.8 Å². The highest BCUT2D eigenvalue weighted by Gasteiger charge is 2.05. The van der Waals surface area contributed by atoms with E-state index in [1.54, 1.807) is 0 Å². The maximum atomic E-state index is 5.86. The Kier molecular flexibility index (Phi) is 8.87. The number of anilines is 2. The van der Waals surface area contributed by atoms with Gasteiger partial charge in [-0.25, -0.2) is 0 Å². The molecule has 0 aliphatic carbocycles. The maximum Gasteiger partial charge on any atom is 0.0701 e. The molecule has 0 saturated carbocycles. The van der Waals surface area contributed by atoms with Crippen molar-refractivity contribution < 1.29 is 9.47 Å². The Morgan fingerprint density at radius 1 is 1.05 bits per heavy atom. The zero-order valence-electron chi connectivity index (χ0n) is 13.7. The van der Waals surface area contributed by atoms with Gasteiger partial charge >= 0.3 is 0 Å². The number of nitrogens with zero attached hydrogens (tertiary/aromatic N) is 1. The highest BCUT2D eigenvalue weighted by Crippen LogP contribution is 2.20. The molecule has 1 aromatic carbocycles. The van der Waals surface area contributed by atoms with Crippen LogP contribution in [0.25, 0.3) is 0 Å². The minimum absolute atomic E-state index is 0.669. The Bertz CT molecular complexity index is 396. The number of aryl methyl sites for hydroxylation is 1. The molecule has 120 valence electrons. The number of hydrogen-bond acceptors (Lipinski definition) is 4. The smallest absolute Gasteiger partial charge is 0.0701 e. The highest BCUT2D eigenvalue weighted by atomic mass is 16.5. The Morgan fingerprint density at radius 3 is 2.38 bits per heavy atom. The van der Waals surface area contributed by atoms with E-state index in [-0.39, 0.29) is 0 Å². The van der Waals surface area contributed by atoms with E-state index in [1.165, 1.54) is 12.1 Å². The van der Waals surface area contributed by atoms with Crippen LogP contribution in [0.1, 0.15) is 32.3 Å². The van der Waals surface area contributed by atoms with Gasteiger partial charge < -0.3 is 20.1 Å². The number of unbranched alkanes of at least 4 members (excludes halogenated alkanes) is 1. The summed E-state index contributed by atoms with van der Waals surface area (Å²) in [7, 11) is 0. The molecule has 4 heteroatoms. The second-order valence-corrected chi connectivity index (χ2v) is 5.20. The number of hydrogen-bond donors (Lipinski definition) is 1. The summed E-state index contributed by atoms with van der Waals surface area (Å²) >= 11 is 0. The first kappa shape index (κ1) is 17.8. The largest absolute Gasteiger partial charge is 0.399 e. The summed E-state index contributed by atoms with van der Waals surface area (Å²) in [5.41, 5.74) is 9.03. The molecular weight excluding hydrogens is 264 g/mol. The maximum absolute atomic E-state index is 5.86. The van der Waals surface area contributed by atoms with Crippen LogP contribution in [0.15, 0.2) is 18.2 Å². The fourth-order valence-electron chi connectivity index (χ4n) is 2.07. The molecule has 0 aliphatic heterocycles. The summed E-state index contributed by atoms with van der Waals surface area (Å²) in [6, 6.07) is 6.17. The van der Waals surface area contributed by atoms with Gasteiger partial charge in [0, 0.05) is 31.1 Å². The van der Waals surface area contributed by atoms with Crippen molar-refractivity contribution in [1.29, 1.82) is 0 Å². The van der Waals surface area contributed by atoms with Gasteiger partial charge in [-0.2, -0.15) is 0 Å². The molecular formula is C17H30N2O2. The molecule has 1 rings (SSSR count). The van der Waals surface area contributed by atoms with Crippen LogP contribution in [0, 0.1) is 6.92 Å². The number of rotatable bonds is 11. The van der Waals surface area contributed by atoms with E-state index >= 15 is 0 Å². The number of nitrogen functional groups attached to an aromatic ring is 1. The van der Waals surface area contributed by atoms with Crippen LogP contribution < -0.4 is 10.6 Å². The van der Waals surface area contributed by atoms with Gasteiger partial charge in [-0.3, -0.25) is 0 Å². The number of nitrogens with two attached hydrogens (primary N) is 1. The number of benzene rings is 1. The van der Waals surface area contributed by atoms with Crippen molar-refractivity contribution in [2.75, 3.05) is 50.2 Å². The summed E-state index contributed by atoms with van der Waals surface area (Å²) in [6.07, 6.45) is 2.30. The van der Waals surface area contributed by atoms with Crippen LogP contribution in [-0.2, 0) is 9.47 Å². The Labute approximate surface area is 129 Å². The molecule has 0 spiro atoms. The van der Waals surface area contributed by atoms with Crippen molar-refractivity contribution in [3.8, 4) is 0 Å². The van der Waals surface area contributed by atoms with Crippen molar-refractivity contribution in [3.63, 3.8) is 0 Å². The summed E-state index contributed by atoms with van der Waals surface area (Å²) in [5, 5.41) is 0. The zero-order valence-corrected chi connectivity index (χ0v) is 13.7. The lowest BCUT2D eigenvalue weighted by Crippen LogP contribution is -2.27. The molecule has 0 atom stereocenters. The predicted molar refractivity (Wildman–Crippen MR) is 90.0 cm³/mol. The molecule has 0 fully saturated rings. The topological polar surface area (TPSA) is 47.7 Å². The van der Waals surface area contributed by atoms with Crippen molar-refractivity contribution in [2.24, 2.45) is 0 Å². The molecule has 0 heterocycles. The van der Waals surface area contributed by atoms with Gasteiger partial charge in [0.2, 0.25) is 0 Å². The van der Waals surface area contributed by atoms with Crippen molar-refractivity contribution >= 4 is 11.4 Å². The second-order valence-electron chi connectivity index (χ2n) is 5.20. The van der Waals surface area contributed by atoms with Crippen LogP contribution >= 0.6 is 0 Å². The fourth-order valence-corrected chi connectivity index (χ4v) is 2.07. The van der Waals surface area contributed by atoms with E-state index in [0.29, 0.717) is 19.8 Å². The Hall–Kier alpha value is -1.26. The van der Waals surface area contributed by atoms with Gasteiger partial charge in [0.05, 0.1) is 19.8 Å². The summed E-state index contributed by atoms with van der Waals surface area (Å²) in [5.74, 6) is 0. The third-order valence-corrected chi connectivity index (χ3v) is 3.52. The van der Waals surface area contributed by atoms with E-state index < -0.39 is 0 Å². The van der Waals surface area contributed by atoms with Crippen molar-refractivity contribution in [2.45, 2.75) is 33.6 Å². The molecule has 0 bridgehead atoms. The standard InChI is InChI=1S/C17H30N2O2/c1-4-6-10-20-12-13-21-11-9-19(5-2)16-7-8-17(18)15(3)14-16/h7-8,14H,4-6,9-13,18H2,1-3H3. The predicted octanol–water partition coefficient (Wildman–Crippen LogP) is 3.24. The molecule has 0 unspecified atom stereocenters. The van der Waals surface area contributed by atoms with Gasteiger partial charge in [0.25, 0.3) is 0 Å². The molecule has 0 aromatic heterocycles. The quantitative estimate of drug-likeness (QED) is 0.503. The molecule has 0 amide bonds. The van der Waals surface area contributed by atoms with Gasteiger partial charge in [0.1, 0.15) is 0 Å². The number of ether oxygens (including phenoxy) is 2. The van der Waals surface area contributed by atoms with Gasteiger partial charge in [-0.1, -0.05) is 13.3 Å². The Morgan fingerprint density at radius 2 is 1.76 bits per heavy atom. The lowest BCUT2D eigenvalue weighted by atomic mass is 10.1. The molecule has 4 nitrogen and oxygen atoms in total. The molecule has 0 saturated heterocycles. The van der Waals surface area contributed by atoms with Crippen LogP contribution in [0.4, 0.5) is 11.4 Å². The van der Waals surface area contributed by atoms with Crippen molar-refractivity contribution in [1.82, 2.24) is 0 Å². The van der Waals surface area contributed by atoms with E-state index in [2.05, 4.69) is 30.9 Å². The van der Waals surface area contributed by atoms with Crippen LogP contribution in [0.5, 0.6) is 0 Å². The monoisotopic (exact) mass is 294 g/mol. The first-order valence-electron chi connectivity index (χ1n) is 7.95. The van der Waals surface area contributed by atoms with E-state index in [4.69, 9.17) is 15.2 Å². The molecule has 2 N–H and O–H groups in total. The van der Waals surface area contributed by atoms with Crippen LogP contribution in [0.3, 0.4) is 0 Å². The minimum atomic E-state index is 0.669. The average molecular weight is 294 g/mol. The van der Waals surface area contributed by atoms with E-state index in [9.17, 15) is 0 Å². The fraction of sp³-hybridized carbons (Fsp3) is 0.647. The van der Waals surface area contributed by atoms with Crippen LogP contribution in [-0.4, -0.2) is 39.5 Å². The van der Waals surface area contributed by atoms with E-state index in [0.717, 1.165) is 37.4 Å². The third kappa shape index (κ3) is 6.82. The third-order valence-electron chi connectivity index (χ3n) is 3.52.